The summed E-state index contributed by atoms with van der Waals surface area (Å²) in [6.45, 7) is 1.83. The Morgan fingerprint density at radius 1 is 0.967 bits per heavy atom. The number of ether oxygens (including phenoxy) is 1. The van der Waals surface area contributed by atoms with E-state index in [-0.39, 0.29) is 17.2 Å². The zero-order valence-electron chi connectivity index (χ0n) is 15.7. The lowest BCUT2D eigenvalue weighted by atomic mass is 10.1. The van der Waals surface area contributed by atoms with Crippen LogP contribution in [0.15, 0.2) is 47.6 Å². The van der Waals surface area contributed by atoms with E-state index in [1.54, 1.807) is 47.4 Å². The molecular formula is C20H18Cl2N4O4. The van der Waals surface area contributed by atoms with E-state index in [9.17, 15) is 14.4 Å². The lowest BCUT2D eigenvalue weighted by Gasteiger charge is -2.27. The number of hydrogen-bond donors (Lipinski definition) is 2. The first-order valence-corrected chi connectivity index (χ1v) is 9.77. The Hall–Kier alpha value is -2.94. The van der Waals surface area contributed by atoms with E-state index in [0.29, 0.717) is 41.9 Å². The molecule has 0 unspecified atom stereocenters. The van der Waals surface area contributed by atoms with Crippen molar-refractivity contribution in [3.05, 3.63) is 63.6 Å². The van der Waals surface area contributed by atoms with Crippen molar-refractivity contribution in [2.45, 2.75) is 0 Å². The third kappa shape index (κ3) is 5.35. The lowest BCUT2D eigenvalue weighted by molar-refractivity contribution is -0.136. The van der Waals surface area contributed by atoms with Crippen LogP contribution in [0.4, 0.5) is 5.69 Å². The van der Waals surface area contributed by atoms with E-state index >= 15 is 0 Å². The first-order chi connectivity index (χ1) is 14.5. The molecule has 2 N–H and O–H groups in total. The van der Waals surface area contributed by atoms with Crippen molar-refractivity contribution in [3.8, 4) is 0 Å². The maximum absolute atomic E-state index is 12.7. The van der Waals surface area contributed by atoms with Crippen LogP contribution in [-0.2, 0) is 14.3 Å². The van der Waals surface area contributed by atoms with Gasteiger partial charge >= 0.3 is 11.8 Å². The van der Waals surface area contributed by atoms with Gasteiger partial charge in [0.2, 0.25) is 0 Å². The number of halogens is 2. The van der Waals surface area contributed by atoms with E-state index in [4.69, 9.17) is 27.9 Å². The molecular weight excluding hydrogens is 431 g/mol. The molecule has 30 heavy (non-hydrogen) atoms. The van der Waals surface area contributed by atoms with Gasteiger partial charge in [0.1, 0.15) is 0 Å². The molecule has 1 heterocycles. The van der Waals surface area contributed by atoms with Gasteiger partial charge in [0.25, 0.3) is 5.91 Å². The number of nitrogens with zero attached hydrogens (tertiary/aromatic N) is 2. The number of carbonyl (C=O) groups is 3. The molecule has 2 aromatic carbocycles. The largest absolute Gasteiger partial charge is 0.378 e. The zero-order chi connectivity index (χ0) is 21.5. The molecule has 8 nitrogen and oxygen atoms in total. The molecule has 1 saturated heterocycles. The molecule has 0 aliphatic carbocycles. The quantitative estimate of drug-likeness (QED) is 0.426. The van der Waals surface area contributed by atoms with E-state index in [2.05, 4.69) is 15.8 Å². The van der Waals surface area contributed by atoms with E-state index in [1.165, 1.54) is 6.21 Å². The van der Waals surface area contributed by atoms with Gasteiger partial charge in [-0.3, -0.25) is 14.4 Å². The summed E-state index contributed by atoms with van der Waals surface area (Å²) in [6, 6.07) is 11.4. The summed E-state index contributed by atoms with van der Waals surface area (Å²) in [7, 11) is 0. The highest BCUT2D eigenvalue weighted by Gasteiger charge is 2.22. The summed E-state index contributed by atoms with van der Waals surface area (Å²) < 4.78 is 5.25. The fraction of sp³-hybridized carbons (Fsp3) is 0.200. The van der Waals surface area contributed by atoms with E-state index in [0.717, 1.165) is 0 Å². The molecule has 1 aliphatic heterocycles. The van der Waals surface area contributed by atoms with Crippen molar-refractivity contribution in [3.63, 3.8) is 0 Å². The third-order valence-electron chi connectivity index (χ3n) is 4.27. The molecule has 1 fully saturated rings. The predicted molar refractivity (Wildman–Crippen MR) is 114 cm³/mol. The third-order valence-corrected chi connectivity index (χ3v) is 4.93. The molecule has 3 rings (SSSR count). The summed E-state index contributed by atoms with van der Waals surface area (Å²) in [5, 5.41) is 6.85. The number of carbonyl (C=O) groups excluding carboxylic acids is 3. The number of amides is 3. The maximum Gasteiger partial charge on any atom is 0.329 e. The van der Waals surface area contributed by atoms with Crippen LogP contribution in [0.1, 0.15) is 15.9 Å². The van der Waals surface area contributed by atoms with Crippen LogP contribution in [0.2, 0.25) is 10.0 Å². The van der Waals surface area contributed by atoms with E-state index in [1.807, 2.05) is 0 Å². The van der Waals surface area contributed by atoms with Gasteiger partial charge in [-0.25, -0.2) is 5.43 Å². The molecule has 3 amide bonds. The Labute approximate surface area is 182 Å². The summed E-state index contributed by atoms with van der Waals surface area (Å²) in [6.07, 6.45) is 1.24. The number of para-hydroxylation sites is 1. The topological polar surface area (TPSA) is 100 Å². The highest BCUT2D eigenvalue weighted by atomic mass is 35.5. The Bertz CT molecular complexity index is 970. The SMILES string of the molecule is O=C(NN=Cc1c(Cl)cccc1Cl)C(=O)Nc1ccccc1C(=O)N1CCOCC1. The van der Waals surface area contributed by atoms with Crippen LogP contribution >= 0.6 is 23.2 Å². The van der Waals surface area contributed by atoms with Gasteiger partial charge in [-0.05, 0) is 24.3 Å². The molecule has 0 bridgehead atoms. The standard InChI is InChI=1S/C20H18Cl2N4O4/c21-15-5-3-6-16(22)14(15)12-23-25-19(28)18(27)24-17-7-2-1-4-13(17)20(29)26-8-10-30-11-9-26/h1-7,12H,8-11H2,(H,24,27)(H,25,28). The molecule has 0 spiro atoms. The summed E-state index contributed by atoms with van der Waals surface area (Å²) in [5.41, 5.74) is 3.03. The van der Waals surface area contributed by atoms with E-state index < -0.39 is 11.8 Å². The van der Waals surface area contributed by atoms with Gasteiger partial charge in [0.05, 0.1) is 40.7 Å². The minimum atomic E-state index is -1.01. The second kappa shape index (κ2) is 10.2. The second-order valence-corrected chi connectivity index (χ2v) is 7.05. The number of morpholine rings is 1. The van der Waals surface area contributed by atoms with Gasteiger partial charge in [-0.2, -0.15) is 5.10 Å². The molecule has 0 atom stereocenters. The fourth-order valence-corrected chi connectivity index (χ4v) is 3.23. The van der Waals surface area contributed by atoms with Crippen molar-refractivity contribution in [1.29, 1.82) is 0 Å². The van der Waals surface area contributed by atoms with Gasteiger partial charge in [0, 0.05) is 18.7 Å². The molecule has 0 aromatic heterocycles. The average molecular weight is 449 g/mol. The number of rotatable bonds is 4. The Balaban J connectivity index is 1.65. The van der Waals surface area contributed by atoms with Crippen LogP contribution in [0.25, 0.3) is 0 Å². The Kier molecular flexibility index (Phi) is 7.40. The van der Waals surface area contributed by atoms with Crippen LogP contribution < -0.4 is 10.7 Å². The molecule has 0 saturated carbocycles. The number of hydrogen-bond acceptors (Lipinski definition) is 5. The first kappa shape index (κ1) is 21.8. The van der Waals surface area contributed by atoms with Crippen LogP contribution in [-0.4, -0.2) is 55.1 Å². The highest BCUT2D eigenvalue weighted by molar-refractivity contribution is 6.40. The van der Waals surface area contributed by atoms with Crippen molar-refractivity contribution >= 4 is 52.8 Å². The molecule has 0 radical (unpaired) electrons. The molecule has 156 valence electrons. The second-order valence-electron chi connectivity index (χ2n) is 6.24. The Morgan fingerprint density at radius 2 is 1.63 bits per heavy atom. The normalized spacial score (nSPS) is 13.9. The number of anilines is 1. The van der Waals surface area contributed by atoms with Crippen molar-refractivity contribution in [1.82, 2.24) is 10.3 Å². The number of benzene rings is 2. The van der Waals surface area contributed by atoms with Gasteiger partial charge < -0.3 is 15.0 Å². The monoisotopic (exact) mass is 448 g/mol. The van der Waals surface area contributed by atoms with Gasteiger partial charge in [-0.1, -0.05) is 41.4 Å². The van der Waals surface area contributed by atoms with Crippen LogP contribution in [0, 0.1) is 0 Å². The predicted octanol–water partition coefficient (Wildman–Crippen LogP) is 2.55. The first-order valence-electron chi connectivity index (χ1n) is 9.02. The maximum atomic E-state index is 12.7. The minimum Gasteiger partial charge on any atom is -0.378 e. The minimum absolute atomic E-state index is 0.229. The lowest BCUT2D eigenvalue weighted by Crippen LogP contribution is -2.41. The number of hydrazone groups is 1. The van der Waals surface area contributed by atoms with Crippen molar-refractivity contribution in [2.24, 2.45) is 5.10 Å². The molecule has 1 aliphatic rings. The smallest absolute Gasteiger partial charge is 0.329 e. The summed E-state index contributed by atoms with van der Waals surface area (Å²) in [4.78, 5) is 38.7. The number of nitrogens with one attached hydrogen (secondary N) is 2. The van der Waals surface area contributed by atoms with Crippen LogP contribution in [0.3, 0.4) is 0 Å². The van der Waals surface area contributed by atoms with Crippen molar-refractivity contribution < 1.29 is 19.1 Å². The average Bonchev–Trinajstić information content (AvgIpc) is 2.76. The summed E-state index contributed by atoms with van der Waals surface area (Å²) >= 11 is 12.0. The molecule has 2 aromatic rings. The fourth-order valence-electron chi connectivity index (χ4n) is 2.73. The van der Waals surface area contributed by atoms with Crippen molar-refractivity contribution in [2.75, 3.05) is 31.6 Å². The van der Waals surface area contributed by atoms with Crippen LogP contribution in [0.5, 0.6) is 0 Å². The molecule has 10 heteroatoms. The Morgan fingerprint density at radius 3 is 2.33 bits per heavy atom. The summed E-state index contributed by atoms with van der Waals surface area (Å²) in [5.74, 6) is -2.23. The zero-order valence-corrected chi connectivity index (χ0v) is 17.2. The highest BCUT2D eigenvalue weighted by Crippen LogP contribution is 2.22. The van der Waals surface area contributed by atoms with Gasteiger partial charge in [-0.15, -0.1) is 0 Å². The van der Waals surface area contributed by atoms with Gasteiger partial charge in [0.15, 0.2) is 0 Å².